The Bertz CT molecular complexity index is 501. The van der Waals surface area contributed by atoms with Gasteiger partial charge in [0.1, 0.15) is 6.04 Å². The molecule has 2 atom stereocenters. The van der Waals surface area contributed by atoms with Gasteiger partial charge in [-0.1, -0.05) is 24.3 Å². The van der Waals surface area contributed by atoms with Crippen LogP contribution in [0.15, 0.2) is 24.3 Å². The minimum absolute atomic E-state index is 0.0841. The molecule has 1 aliphatic carbocycles. The summed E-state index contributed by atoms with van der Waals surface area (Å²) in [6.45, 7) is 1.64. The highest BCUT2D eigenvalue weighted by molar-refractivity contribution is 5.86. The van der Waals surface area contributed by atoms with E-state index in [9.17, 15) is 9.59 Å². The monoisotopic (exact) mass is 261 g/mol. The fourth-order valence-corrected chi connectivity index (χ4v) is 2.67. The maximum Gasteiger partial charge on any atom is 0.312 e. The zero-order valence-corrected chi connectivity index (χ0v) is 11.2. The molecular weight excluding hydrogens is 242 g/mol. The van der Waals surface area contributed by atoms with Crippen LogP contribution in [0.25, 0.3) is 0 Å². The molecule has 1 aromatic rings. The first-order valence-corrected chi connectivity index (χ1v) is 6.41. The van der Waals surface area contributed by atoms with Gasteiger partial charge in [0.2, 0.25) is 5.91 Å². The summed E-state index contributed by atoms with van der Waals surface area (Å²) in [6, 6.07) is 6.96. The molecule has 0 saturated heterocycles. The number of fused-ring (bicyclic) bond motifs is 1. The molecule has 0 aromatic heterocycles. The summed E-state index contributed by atoms with van der Waals surface area (Å²) in [6.07, 6.45) is 1.90. The van der Waals surface area contributed by atoms with Crippen LogP contribution in [0.1, 0.15) is 30.5 Å². The van der Waals surface area contributed by atoms with Crippen LogP contribution in [0.5, 0.6) is 0 Å². The largest absolute Gasteiger partial charge is 0.352 e. The first-order valence-electron chi connectivity index (χ1n) is 6.41. The lowest BCUT2D eigenvalue weighted by Gasteiger charge is -2.28. The van der Waals surface area contributed by atoms with Crippen LogP contribution in [-0.2, 0) is 11.2 Å². The van der Waals surface area contributed by atoms with Crippen molar-refractivity contribution in [2.45, 2.75) is 31.8 Å². The van der Waals surface area contributed by atoms with Crippen LogP contribution in [0.2, 0.25) is 0 Å². The SMILES string of the molecule is C[C@@H](NC(N)=O)C(=O)N(C)[C@H]1CCc2ccccc21. The lowest BCUT2D eigenvalue weighted by Crippen LogP contribution is -2.48. The number of likely N-dealkylation sites (N-methyl/N-ethyl adjacent to an activating group) is 1. The normalized spacial score (nSPS) is 18.5. The van der Waals surface area contributed by atoms with Crippen LogP contribution in [-0.4, -0.2) is 29.9 Å². The molecule has 1 aliphatic rings. The molecule has 0 unspecified atom stereocenters. The van der Waals surface area contributed by atoms with Crippen molar-refractivity contribution >= 4 is 11.9 Å². The summed E-state index contributed by atoms with van der Waals surface area (Å²) >= 11 is 0. The van der Waals surface area contributed by atoms with Gasteiger partial charge in [-0.3, -0.25) is 4.79 Å². The van der Waals surface area contributed by atoms with Crippen LogP contribution < -0.4 is 11.1 Å². The molecule has 0 saturated carbocycles. The number of rotatable bonds is 3. The average Bonchev–Trinajstić information content (AvgIpc) is 2.80. The highest BCUT2D eigenvalue weighted by atomic mass is 16.2. The van der Waals surface area contributed by atoms with E-state index in [2.05, 4.69) is 17.4 Å². The van der Waals surface area contributed by atoms with E-state index in [-0.39, 0.29) is 11.9 Å². The smallest absolute Gasteiger partial charge is 0.312 e. The van der Waals surface area contributed by atoms with E-state index >= 15 is 0 Å². The molecule has 102 valence electrons. The van der Waals surface area contributed by atoms with Gasteiger partial charge < -0.3 is 16.0 Å². The Hall–Kier alpha value is -2.04. The summed E-state index contributed by atoms with van der Waals surface area (Å²) in [5.41, 5.74) is 7.53. The third kappa shape index (κ3) is 2.70. The van der Waals surface area contributed by atoms with Crippen molar-refractivity contribution in [2.75, 3.05) is 7.05 Å². The highest BCUT2D eigenvalue weighted by Crippen LogP contribution is 2.34. The fourth-order valence-electron chi connectivity index (χ4n) is 2.67. The lowest BCUT2D eigenvalue weighted by molar-refractivity contribution is -0.133. The number of carbonyl (C=O) groups excluding carboxylic acids is 2. The van der Waals surface area contributed by atoms with E-state index in [1.54, 1.807) is 18.9 Å². The standard InChI is InChI=1S/C14H19N3O2/c1-9(16-14(15)19)13(18)17(2)12-8-7-10-5-3-4-6-11(10)12/h3-6,9,12H,7-8H2,1-2H3,(H3,15,16,19)/t9-,12+/m1/s1. The summed E-state index contributed by atoms with van der Waals surface area (Å²) in [5, 5.41) is 2.42. The molecular formula is C14H19N3O2. The number of benzene rings is 1. The maximum atomic E-state index is 12.2. The molecule has 1 aromatic carbocycles. The van der Waals surface area contributed by atoms with Gasteiger partial charge in [0.05, 0.1) is 6.04 Å². The summed E-state index contributed by atoms with van der Waals surface area (Å²) in [4.78, 5) is 24.7. The maximum absolute atomic E-state index is 12.2. The van der Waals surface area contributed by atoms with E-state index in [0.29, 0.717) is 0 Å². The number of carbonyl (C=O) groups is 2. The Morgan fingerprint density at radius 3 is 2.79 bits per heavy atom. The Morgan fingerprint density at radius 2 is 2.11 bits per heavy atom. The minimum atomic E-state index is -0.680. The Morgan fingerprint density at radius 1 is 1.42 bits per heavy atom. The molecule has 0 bridgehead atoms. The van der Waals surface area contributed by atoms with E-state index in [1.165, 1.54) is 11.1 Å². The molecule has 0 heterocycles. The van der Waals surface area contributed by atoms with Gasteiger partial charge in [-0.2, -0.15) is 0 Å². The number of amides is 3. The number of nitrogens with two attached hydrogens (primary N) is 1. The molecule has 5 nitrogen and oxygen atoms in total. The summed E-state index contributed by atoms with van der Waals surface area (Å²) < 4.78 is 0. The van der Waals surface area contributed by atoms with E-state index in [1.807, 2.05) is 12.1 Å². The van der Waals surface area contributed by atoms with Crippen LogP contribution >= 0.6 is 0 Å². The van der Waals surface area contributed by atoms with Gasteiger partial charge in [0, 0.05) is 7.05 Å². The lowest BCUT2D eigenvalue weighted by atomic mass is 10.1. The zero-order valence-electron chi connectivity index (χ0n) is 11.2. The van der Waals surface area contributed by atoms with Gasteiger partial charge in [-0.15, -0.1) is 0 Å². The van der Waals surface area contributed by atoms with Gasteiger partial charge in [-0.05, 0) is 30.9 Å². The van der Waals surface area contributed by atoms with Crippen molar-refractivity contribution < 1.29 is 9.59 Å². The number of nitrogens with one attached hydrogen (secondary N) is 1. The molecule has 2 rings (SSSR count). The van der Waals surface area contributed by atoms with Crippen molar-refractivity contribution in [3.8, 4) is 0 Å². The van der Waals surface area contributed by atoms with Crippen molar-refractivity contribution in [1.29, 1.82) is 0 Å². The second-order valence-electron chi connectivity index (χ2n) is 4.93. The number of primary amides is 1. The summed E-state index contributed by atoms with van der Waals surface area (Å²) in [5.74, 6) is -0.125. The topological polar surface area (TPSA) is 75.4 Å². The number of hydrogen-bond donors (Lipinski definition) is 2. The van der Waals surface area contributed by atoms with Gasteiger partial charge in [0.15, 0.2) is 0 Å². The first-order chi connectivity index (χ1) is 9.00. The van der Waals surface area contributed by atoms with E-state index in [4.69, 9.17) is 5.73 Å². The fraction of sp³-hybridized carbons (Fsp3) is 0.429. The molecule has 0 spiro atoms. The van der Waals surface area contributed by atoms with Crippen molar-refractivity contribution in [1.82, 2.24) is 10.2 Å². The molecule has 0 fully saturated rings. The second kappa shape index (κ2) is 5.30. The third-order valence-electron chi connectivity index (χ3n) is 3.65. The van der Waals surface area contributed by atoms with Crippen LogP contribution in [0.3, 0.4) is 0 Å². The second-order valence-corrected chi connectivity index (χ2v) is 4.93. The number of urea groups is 1. The highest BCUT2D eigenvalue weighted by Gasteiger charge is 2.30. The van der Waals surface area contributed by atoms with Gasteiger partial charge in [0.25, 0.3) is 0 Å². The number of aryl methyl sites for hydroxylation is 1. The molecule has 0 radical (unpaired) electrons. The quantitative estimate of drug-likeness (QED) is 0.857. The van der Waals surface area contributed by atoms with Crippen LogP contribution in [0.4, 0.5) is 4.79 Å². The van der Waals surface area contributed by atoms with Crippen molar-refractivity contribution in [2.24, 2.45) is 5.73 Å². The molecule has 19 heavy (non-hydrogen) atoms. The number of hydrogen-bond acceptors (Lipinski definition) is 2. The Labute approximate surface area is 112 Å². The number of nitrogens with zero attached hydrogens (tertiary/aromatic N) is 1. The molecule has 0 aliphatic heterocycles. The predicted molar refractivity (Wildman–Crippen MR) is 72.5 cm³/mol. The molecule has 3 N–H and O–H groups in total. The van der Waals surface area contributed by atoms with Crippen LogP contribution in [0, 0.1) is 0 Å². The molecule has 5 heteroatoms. The Balaban J connectivity index is 2.11. The zero-order chi connectivity index (χ0) is 14.0. The average molecular weight is 261 g/mol. The van der Waals surface area contributed by atoms with E-state index in [0.717, 1.165) is 12.8 Å². The van der Waals surface area contributed by atoms with E-state index < -0.39 is 12.1 Å². The van der Waals surface area contributed by atoms with Crippen molar-refractivity contribution in [3.63, 3.8) is 0 Å². The Kier molecular flexibility index (Phi) is 3.74. The summed E-state index contributed by atoms with van der Waals surface area (Å²) in [7, 11) is 1.77. The third-order valence-corrected chi connectivity index (χ3v) is 3.65. The first kappa shape index (κ1) is 13.4. The molecule has 3 amide bonds. The van der Waals surface area contributed by atoms with Gasteiger partial charge in [-0.25, -0.2) is 4.79 Å². The predicted octanol–water partition coefficient (Wildman–Crippen LogP) is 1.19. The van der Waals surface area contributed by atoms with Gasteiger partial charge >= 0.3 is 6.03 Å². The van der Waals surface area contributed by atoms with Crippen molar-refractivity contribution in [3.05, 3.63) is 35.4 Å². The minimum Gasteiger partial charge on any atom is -0.352 e.